The zero-order valence-corrected chi connectivity index (χ0v) is 19.2. The third kappa shape index (κ3) is 3.35. The smallest absolute Gasteiger partial charge is 0.257 e. The molecule has 0 radical (unpaired) electrons. The van der Waals surface area contributed by atoms with Crippen LogP contribution >= 0.6 is 34.2 Å². The number of fused-ring (bicyclic) bond motifs is 3. The average molecular weight is 557 g/mol. The molecule has 2 aliphatic heterocycles. The highest BCUT2D eigenvalue weighted by Gasteiger charge is 2.65. The number of likely N-dealkylation sites (N-methyl/N-ethyl adjacent to an activating group) is 1. The van der Waals surface area contributed by atoms with Crippen LogP contribution in [-0.4, -0.2) is 62.0 Å². The van der Waals surface area contributed by atoms with E-state index in [-0.39, 0.29) is 11.9 Å². The highest BCUT2D eigenvalue weighted by Crippen LogP contribution is 2.46. The number of nitrogens with one attached hydrogen (secondary N) is 2. The number of rotatable bonds is 5. The summed E-state index contributed by atoms with van der Waals surface area (Å²) in [4.78, 5) is 25.4. The number of ether oxygens (including phenoxy) is 2. The van der Waals surface area contributed by atoms with Gasteiger partial charge in [-0.2, -0.15) is 9.97 Å². The SMILES string of the molecule is CNC(=O)[C@]12CO[C@@H](C1O)[C@H](n1cnc3c(NCc4cccc(I)c4)nc(Cl)nc31)O2. The molecule has 162 valence electrons. The fraction of sp³-hybridized carbons (Fsp3) is 0.368. The number of halogens is 2. The van der Waals surface area contributed by atoms with Crippen LogP contribution in [0.4, 0.5) is 5.82 Å². The molecule has 3 aromatic rings. The third-order valence-electron chi connectivity index (χ3n) is 5.52. The van der Waals surface area contributed by atoms with Crippen LogP contribution in [0.15, 0.2) is 30.6 Å². The second-order valence-electron chi connectivity index (χ2n) is 7.35. The van der Waals surface area contributed by atoms with Crippen LogP contribution < -0.4 is 10.6 Å². The standard InChI is InChI=1S/C19H18ClIN6O4/c1-22-17(29)19-7-30-12(13(19)28)16(31-19)27-8-24-11-14(25-18(20)26-15(11)27)23-6-9-3-2-4-10(21)5-9/h2-5,8,12-13,16,28H,6-7H2,1H3,(H,22,29)(H,23,25,26)/t12-,13?,16+,19-/m0/s1. The number of hydrogen-bond acceptors (Lipinski definition) is 8. The molecular formula is C19H18ClIN6O4. The molecule has 0 spiro atoms. The molecule has 2 saturated heterocycles. The van der Waals surface area contributed by atoms with Crippen LogP contribution in [0.2, 0.25) is 5.28 Å². The van der Waals surface area contributed by atoms with E-state index in [2.05, 4.69) is 54.2 Å². The maximum Gasteiger partial charge on any atom is 0.257 e. The summed E-state index contributed by atoms with van der Waals surface area (Å²) in [5, 5.41) is 16.5. The maximum atomic E-state index is 12.4. The molecule has 5 rings (SSSR count). The van der Waals surface area contributed by atoms with Crippen molar-refractivity contribution in [1.29, 1.82) is 0 Å². The van der Waals surface area contributed by atoms with Crippen LogP contribution in [0.5, 0.6) is 0 Å². The Balaban J connectivity index is 1.47. The lowest BCUT2D eigenvalue weighted by atomic mass is 9.98. The monoisotopic (exact) mass is 556 g/mol. The maximum absolute atomic E-state index is 12.4. The van der Waals surface area contributed by atoms with E-state index in [1.54, 1.807) is 4.57 Å². The second-order valence-corrected chi connectivity index (χ2v) is 8.93. The minimum Gasteiger partial charge on any atom is -0.387 e. The van der Waals surface area contributed by atoms with E-state index in [0.717, 1.165) is 9.13 Å². The molecular weight excluding hydrogens is 539 g/mol. The highest BCUT2D eigenvalue weighted by molar-refractivity contribution is 14.1. The predicted octanol–water partition coefficient (Wildman–Crippen LogP) is 1.47. The second kappa shape index (κ2) is 7.81. The number of aromatic nitrogens is 4. The van der Waals surface area contributed by atoms with Crippen molar-refractivity contribution < 1.29 is 19.4 Å². The van der Waals surface area contributed by atoms with Gasteiger partial charge in [0.25, 0.3) is 5.91 Å². The summed E-state index contributed by atoms with van der Waals surface area (Å²) in [5.41, 5.74) is 0.508. The first-order chi connectivity index (χ1) is 14.9. The Morgan fingerprint density at radius 3 is 3.06 bits per heavy atom. The zero-order chi connectivity index (χ0) is 21.8. The van der Waals surface area contributed by atoms with Crippen molar-refractivity contribution >= 4 is 57.1 Å². The van der Waals surface area contributed by atoms with Crippen molar-refractivity contribution in [2.75, 3.05) is 19.0 Å². The summed E-state index contributed by atoms with van der Waals surface area (Å²) >= 11 is 8.44. The number of benzene rings is 1. The van der Waals surface area contributed by atoms with E-state index in [1.807, 2.05) is 18.2 Å². The summed E-state index contributed by atoms with van der Waals surface area (Å²) in [6.07, 6.45) is -1.14. The van der Waals surface area contributed by atoms with E-state index in [9.17, 15) is 9.90 Å². The summed E-state index contributed by atoms with van der Waals surface area (Å²) in [7, 11) is 1.49. The summed E-state index contributed by atoms with van der Waals surface area (Å²) in [6.45, 7) is 0.496. The average Bonchev–Trinajstić information content (AvgIpc) is 3.41. The molecule has 1 aromatic carbocycles. The van der Waals surface area contributed by atoms with Crippen molar-refractivity contribution in [3.8, 4) is 0 Å². The number of imidazole rings is 1. The fourth-order valence-corrected chi connectivity index (χ4v) is 4.77. The number of hydrogen-bond donors (Lipinski definition) is 3. The van der Waals surface area contributed by atoms with Gasteiger partial charge >= 0.3 is 0 Å². The molecule has 2 aliphatic rings. The van der Waals surface area contributed by atoms with Gasteiger partial charge in [-0.05, 0) is 51.9 Å². The van der Waals surface area contributed by atoms with Gasteiger partial charge in [0.15, 0.2) is 23.2 Å². The minimum absolute atomic E-state index is 0.0277. The molecule has 12 heteroatoms. The molecule has 4 atom stereocenters. The van der Waals surface area contributed by atoms with Gasteiger partial charge in [-0.3, -0.25) is 9.36 Å². The quantitative estimate of drug-likeness (QED) is 0.319. The van der Waals surface area contributed by atoms with Crippen molar-refractivity contribution in [3.63, 3.8) is 0 Å². The van der Waals surface area contributed by atoms with E-state index in [0.29, 0.717) is 23.5 Å². The Kier molecular flexibility index (Phi) is 5.25. The van der Waals surface area contributed by atoms with Gasteiger partial charge in [0, 0.05) is 17.2 Å². The largest absolute Gasteiger partial charge is 0.387 e. The molecule has 3 N–H and O–H groups in total. The van der Waals surface area contributed by atoms with E-state index >= 15 is 0 Å². The summed E-state index contributed by atoms with van der Waals surface area (Å²) in [5.74, 6) is 0.0279. The van der Waals surface area contributed by atoms with Gasteiger partial charge < -0.3 is 25.2 Å². The summed E-state index contributed by atoms with van der Waals surface area (Å²) in [6, 6.07) is 8.07. The normalized spacial score (nSPS) is 27.0. The number of carbonyl (C=O) groups excluding carboxylic acids is 1. The Labute approximate surface area is 195 Å². The van der Waals surface area contributed by atoms with Crippen LogP contribution in [0.1, 0.15) is 11.8 Å². The van der Waals surface area contributed by atoms with E-state index in [1.165, 1.54) is 13.4 Å². The Hall–Kier alpha value is -2.06. The van der Waals surface area contributed by atoms with Crippen molar-refractivity contribution in [2.24, 2.45) is 0 Å². The van der Waals surface area contributed by atoms with Crippen LogP contribution in [-0.2, 0) is 20.8 Å². The number of amides is 1. The lowest BCUT2D eigenvalue weighted by Gasteiger charge is -2.29. The number of aliphatic hydroxyl groups is 1. The van der Waals surface area contributed by atoms with Gasteiger partial charge in [-0.25, -0.2) is 4.98 Å². The Morgan fingerprint density at radius 1 is 1.45 bits per heavy atom. The Morgan fingerprint density at radius 2 is 2.29 bits per heavy atom. The van der Waals surface area contributed by atoms with Gasteiger partial charge in [-0.1, -0.05) is 12.1 Å². The van der Waals surface area contributed by atoms with Crippen molar-refractivity contribution in [3.05, 3.63) is 45.0 Å². The summed E-state index contributed by atoms with van der Waals surface area (Å²) < 4.78 is 14.4. The topological polar surface area (TPSA) is 123 Å². The van der Waals surface area contributed by atoms with Crippen molar-refractivity contribution in [1.82, 2.24) is 24.8 Å². The van der Waals surface area contributed by atoms with Gasteiger partial charge in [0.1, 0.15) is 12.2 Å². The fourth-order valence-electron chi connectivity index (χ4n) is 4.00. The van der Waals surface area contributed by atoms with Gasteiger partial charge in [0.2, 0.25) is 10.9 Å². The number of nitrogens with zero attached hydrogens (tertiary/aromatic N) is 4. The molecule has 1 amide bonds. The Bertz CT molecular complexity index is 1180. The number of aliphatic hydroxyl groups excluding tert-OH is 1. The van der Waals surface area contributed by atoms with Crippen molar-refractivity contribution in [2.45, 2.75) is 30.6 Å². The molecule has 2 fully saturated rings. The number of anilines is 1. The molecule has 1 unspecified atom stereocenters. The van der Waals surface area contributed by atoms with E-state index < -0.39 is 29.9 Å². The number of carbonyl (C=O) groups is 1. The molecule has 31 heavy (non-hydrogen) atoms. The molecule has 2 bridgehead atoms. The highest BCUT2D eigenvalue weighted by atomic mass is 127. The van der Waals surface area contributed by atoms with Crippen LogP contribution in [0, 0.1) is 3.57 Å². The minimum atomic E-state index is -1.47. The predicted molar refractivity (Wildman–Crippen MR) is 119 cm³/mol. The first-order valence-corrected chi connectivity index (χ1v) is 11.0. The first-order valence-electron chi connectivity index (χ1n) is 9.51. The molecule has 0 saturated carbocycles. The zero-order valence-electron chi connectivity index (χ0n) is 16.2. The van der Waals surface area contributed by atoms with Gasteiger partial charge in [-0.15, -0.1) is 0 Å². The molecule has 2 aromatic heterocycles. The van der Waals surface area contributed by atoms with Crippen LogP contribution in [0.3, 0.4) is 0 Å². The molecule has 10 nitrogen and oxygen atoms in total. The first kappa shape index (κ1) is 20.8. The third-order valence-corrected chi connectivity index (χ3v) is 6.36. The molecule has 0 aliphatic carbocycles. The lowest BCUT2D eigenvalue weighted by molar-refractivity contribution is -0.184. The molecule has 4 heterocycles. The van der Waals surface area contributed by atoms with Crippen LogP contribution in [0.25, 0.3) is 11.2 Å². The van der Waals surface area contributed by atoms with E-state index in [4.69, 9.17) is 21.1 Å². The lowest BCUT2D eigenvalue weighted by Crippen LogP contribution is -2.53. The van der Waals surface area contributed by atoms with Gasteiger partial charge in [0.05, 0.1) is 12.9 Å².